The first kappa shape index (κ1) is 16.8. The molecule has 3 aromatic rings. The van der Waals surface area contributed by atoms with Crippen LogP contribution in [0.4, 0.5) is 11.4 Å². The Bertz CT molecular complexity index is 1060. The van der Waals surface area contributed by atoms with Crippen molar-refractivity contribution in [3.63, 3.8) is 0 Å². The minimum absolute atomic E-state index is 0.421. The van der Waals surface area contributed by atoms with Crippen LogP contribution >= 0.6 is 0 Å². The van der Waals surface area contributed by atoms with Crippen molar-refractivity contribution in [1.29, 1.82) is 5.26 Å². The van der Waals surface area contributed by atoms with E-state index in [0.717, 1.165) is 11.1 Å². The molecule has 7 nitrogen and oxygen atoms in total. The molecule has 1 N–H and O–H groups in total. The van der Waals surface area contributed by atoms with E-state index in [9.17, 15) is 5.26 Å². The summed E-state index contributed by atoms with van der Waals surface area (Å²) in [5, 5.41) is 13.6. The highest BCUT2D eigenvalue weighted by Gasteiger charge is 2.16. The molecule has 0 aliphatic carbocycles. The highest BCUT2D eigenvalue weighted by atomic mass is 16.6. The quantitative estimate of drug-likeness (QED) is 0.757. The minimum Gasteiger partial charge on any atom is -0.493 e. The number of nitriles is 1. The van der Waals surface area contributed by atoms with E-state index in [1.54, 1.807) is 20.3 Å². The predicted molar refractivity (Wildman–Crippen MR) is 100 cm³/mol. The van der Waals surface area contributed by atoms with Crippen molar-refractivity contribution in [2.75, 3.05) is 32.8 Å². The third-order valence-corrected chi connectivity index (χ3v) is 4.31. The standard InChI is InChI=1S/C20H17N3O4/c1-24-17-8-14-15(9-18(17)25-2)22-11-12(10-21)20(14)23-13-3-4-16-19(7-13)27-6-5-26-16/h3-4,7-9,11H,5-6H2,1-2H3,(H,22,23). The summed E-state index contributed by atoms with van der Waals surface area (Å²) >= 11 is 0. The van der Waals surface area contributed by atoms with Crippen LogP contribution < -0.4 is 24.3 Å². The highest BCUT2D eigenvalue weighted by Crippen LogP contribution is 2.38. The lowest BCUT2D eigenvalue weighted by Crippen LogP contribution is -2.15. The zero-order valence-electron chi connectivity index (χ0n) is 14.9. The highest BCUT2D eigenvalue weighted by molar-refractivity contribution is 5.97. The molecule has 0 unspecified atom stereocenters. The van der Waals surface area contributed by atoms with Gasteiger partial charge in [-0.3, -0.25) is 4.98 Å². The molecule has 0 saturated carbocycles. The van der Waals surface area contributed by atoms with Gasteiger partial charge in [-0.05, 0) is 18.2 Å². The second-order valence-electron chi connectivity index (χ2n) is 5.87. The van der Waals surface area contributed by atoms with Gasteiger partial charge in [-0.15, -0.1) is 0 Å². The number of methoxy groups -OCH3 is 2. The van der Waals surface area contributed by atoms with Gasteiger partial charge in [0.25, 0.3) is 0 Å². The number of hydrogen-bond acceptors (Lipinski definition) is 7. The van der Waals surface area contributed by atoms with Crippen LogP contribution in [0.2, 0.25) is 0 Å². The van der Waals surface area contributed by atoms with E-state index in [1.165, 1.54) is 6.20 Å². The van der Waals surface area contributed by atoms with Crippen molar-refractivity contribution < 1.29 is 18.9 Å². The van der Waals surface area contributed by atoms with E-state index >= 15 is 0 Å². The Morgan fingerprint density at radius 3 is 2.52 bits per heavy atom. The molecule has 1 aliphatic heterocycles. The third kappa shape index (κ3) is 3.02. The summed E-state index contributed by atoms with van der Waals surface area (Å²) in [6, 6.07) is 11.3. The molecular formula is C20H17N3O4. The monoisotopic (exact) mass is 363 g/mol. The molecule has 2 heterocycles. The summed E-state index contributed by atoms with van der Waals surface area (Å²) in [7, 11) is 3.14. The number of anilines is 2. The lowest BCUT2D eigenvalue weighted by Gasteiger charge is -2.20. The van der Waals surface area contributed by atoms with Gasteiger partial charge in [0.2, 0.25) is 0 Å². The lowest BCUT2D eigenvalue weighted by molar-refractivity contribution is 0.171. The summed E-state index contributed by atoms with van der Waals surface area (Å²) in [4.78, 5) is 4.37. The zero-order valence-corrected chi connectivity index (χ0v) is 14.9. The van der Waals surface area contributed by atoms with E-state index in [2.05, 4.69) is 16.4 Å². The topological polar surface area (TPSA) is 85.6 Å². The first-order chi connectivity index (χ1) is 13.2. The van der Waals surface area contributed by atoms with Gasteiger partial charge in [0.05, 0.1) is 31.0 Å². The molecule has 0 radical (unpaired) electrons. The van der Waals surface area contributed by atoms with Crippen LogP contribution in [0.3, 0.4) is 0 Å². The van der Waals surface area contributed by atoms with Crippen molar-refractivity contribution in [3.8, 4) is 29.1 Å². The second kappa shape index (κ2) is 6.92. The first-order valence-corrected chi connectivity index (χ1v) is 8.35. The number of ether oxygens (including phenoxy) is 4. The molecule has 1 aliphatic rings. The van der Waals surface area contributed by atoms with Crippen LogP contribution in [-0.2, 0) is 0 Å². The fourth-order valence-electron chi connectivity index (χ4n) is 3.00. The van der Waals surface area contributed by atoms with E-state index < -0.39 is 0 Å². The number of hydrogen-bond donors (Lipinski definition) is 1. The Balaban J connectivity index is 1.83. The number of rotatable bonds is 4. The van der Waals surface area contributed by atoms with E-state index in [-0.39, 0.29) is 0 Å². The van der Waals surface area contributed by atoms with Crippen LogP contribution in [0.1, 0.15) is 5.56 Å². The summed E-state index contributed by atoms with van der Waals surface area (Å²) < 4.78 is 21.9. The summed E-state index contributed by atoms with van der Waals surface area (Å²) in [6.07, 6.45) is 1.54. The van der Waals surface area contributed by atoms with Crippen LogP contribution in [0.5, 0.6) is 23.0 Å². The fraction of sp³-hybridized carbons (Fsp3) is 0.200. The molecule has 136 valence electrons. The average molecular weight is 363 g/mol. The Hall–Kier alpha value is -3.66. The third-order valence-electron chi connectivity index (χ3n) is 4.31. The number of aromatic nitrogens is 1. The molecule has 0 fully saturated rings. The maximum Gasteiger partial charge on any atom is 0.163 e. The summed E-state index contributed by atoms with van der Waals surface area (Å²) in [5.41, 5.74) is 2.52. The number of nitrogens with zero attached hydrogens (tertiary/aromatic N) is 2. The number of pyridine rings is 1. The van der Waals surface area contributed by atoms with Crippen LogP contribution in [0, 0.1) is 11.3 Å². The average Bonchev–Trinajstić information content (AvgIpc) is 2.72. The van der Waals surface area contributed by atoms with E-state index in [4.69, 9.17) is 18.9 Å². The Kier molecular flexibility index (Phi) is 4.30. The molecule has 27 heavy (non-hydrogen) atoms. The maximum absolute atomic E-state index is 9.54. The van der Waals surface area contributed by atoms with Crippen LogP contribution in [0.15, 0.2) is 36.5 Å². The van der Waals surface area contributed by atoms with Gasteiger partial charge >= 0.3 is 0 Å². The second-order valence-corrected chi connectivity index (χ2v) is 5.87. The minimum atomic E-state index is 0.421. The largest absolute Gasteiger partial charge is 0.493 e. The summed E-state index contributed by atoms with van der Waals surface area (Å²) in [6.45, 7) is 1.05. The van der Waals surface area contributed by atoms with Gasteiger partial charge < -0.3 is 24.3 Å². The van der Waals surface area contributed by atoms with Gasteiger partial charge in [-0.1, -0.05) is 0 Å². The SMILES string of the molecule is COc1cc2ncc(C#N)c(Nc3ccc4c(c3)OCCO4)c2cc1OC. The fourth-order valence-corrected chi connectivity index (χ4v) is 3.00. The Morgan fingerprint density at radius 1 is 1.04 bits per heavy atom. The molecule has 0 saturated heterocycles. The Labute approximate surface area is 156 Å². The van der Waals surface area contributed by atoms with Crippen LogP contribution in [-0.4, -0.2) is 32.4 Å². The molecule has 0 bridgehead atoms. The molecule has 1 aromatic heterocycles. The smallest absolute Gasteiger partial charge is 0.163 e. The van der Waals surface area contributed by atoms with Crippen LogP contribution in [0.25, 0.3) is 10.9 Å². The molecule has 0 atom stereocenters. The Morgan fingerprint density at radius 2 is 1.78 bits per heavy atom. The molecular weight excluding hydrogens is 346 g/mol. The zero-order chi connectivity index (χ0) is 18.8. The lowest BCUT2D eigenvalue weighted by atomic mass is 10.1. The van der Waals surface area contributed by atoms with Gasteiger partial charge in [0, 0.05) is 29.4 Å². The molecule has 0 amide bonds. The van der Waals surface area contributed by atoms with Crippen molar-refractivity contribution >= 4 is 22.3 Å². The maximum atomic E-state index is 9.54. The molecule has 0 spiro atoms. The number of nitrogens with one attached hydrogen (secondary N) is 1. The summed E-state index contributed by atoms with van der Waals surface area (Å²) in [5.74, 6) is 2.51. The number of benzene rings is 2. The van der Waals surface area contributed by atoms with E-state index in [1.807, 2.05) is 24.3 Å². The van der Waals surface area contributed by atoms with Crippen molar-refractivity contribution in [2.45, 2.75) is 0 Å². The predicted octanol–water partition coefficient (Wildman–Crippen LogP) is 3.64. The molecule has 7 heteroatoms. The van der Waals surface area contributed by atoms with Gasteiger partial charge in [-0.25, -0.2) is 0 Å². The van der Waals surface area contributed by atoms with Crippen molar-refractivity contribution in [1.82, 2.24) is 4.98 Å². The molecule has 4 rings (SSSR count). The molecule has 2 aromatic carbocycles. The van der Waals surface area contributed by atoms with Crippen molar-refractivity contribution in [3.05, 3.63) is 42.1 Å². The normalized spacial score (nSPS) is 12.3. The van der Waals surface area contributed by atoms with E-state index in [0.29, 0.717) is 53.0 Å². The van der Waals surface area contributed by atoms with Gasteiger partial charge in [-0.2, -0.15) is 5.26 Å². The van der Waals surface area contributed by atoms with Gasteiger partial charge in [0.15, 0.2) is 23.0 Å². The van der Waals surface area contributed by atoms with Gasteiger partial charge in [0.1, 0.15) is 19.3 Å². The number of fused-ring (bicyclic) bond motifs is 2. The van der Waals surface area contributed by atoms with Crippen molar-refractivity contribution in [2.24, 2.45) is 0 Å². The first-order valence-electron chi connectivity index (χ1n) is 8.35.